The summed E-state index contributed by atoms with van der Waals surface area (Å²) in [5, 5.41) is 2.78. The first-order valence-corrected chi connectivity index (χ1v) is 8.72. The fourth-order valence-corrected chi connectivity index (χ4v) is 4.23. The number of carbonyl (C=O) groups excluding carboxylic acids is 2. The van der Waals surface area contributed by atoms with Crippen LogP contribution in [0.15, 0.2) is 0 Å². The molecule has 0 aromatic rings. The first-order valence-electron chi connectivity index (χ1n) is 6.90. The van der Waals surface area contributed by atoms with Crippen LogP contribution in [-0.4, -0.2) is 80.8 Å². The molecule has 8 heteroatoms. The van der Waals surface area contributed by atoms with E-state index < -0.39 is 9.84 Å². The molecule has 2 saturated heterocycles. The molecule has 2 fully saturated rings. The van der Waals surface area contributed by atoms with Gasteiger partial charge in [0, 0.05) is 45.2 Å². The monoisotopic (exact) mass is 303 g/mol. The van der Waals surface area contributed by atoms with Gasteiger partial charge in [-0.1, -0.05) is 0 Å². The second kappa shape index (κ2) is 6.53. The Morgan fingerprint density at radius 1 is 1.25 bits per heavy atom. The third-order valence-electron chi connectivity index (χ3n) is 3.81. The van der Waals surface area contributed by atoms with Gasteiger partial charge in [-0.3, -0.25) is 14.5 Å². The minimum absolute atomic E-state index is 0.0662. The van der Waals surface area contributed by atoms with Crippen LogP contribution in [0.1, 0.15) is 12.8 Å². The van der Waals surface area contributed by atoms with E-state index in [1.165, 1.54) is 0 Å². The Kier molecular flexibility index (Phi) is 4.98. The summed E-state index contributed by atoms with van der Waals surface area (Å²) in [7, 11) is -2.95. The summed E-state index contributed by atoms with van der Waals surface area (Å²) in [6, 6.07) is -0.223. The van der Waals surface area contributed by atoms with Gasteiger partial charge < -0.3 is 10.2 Å². The smallest absolute Gasteiger partial charge is 0.221 e. The topological polar surface area (TPSA) is 86.8 Å². The molecule has 2 rings (SSSR count). The van der Waals surface area contributed by atoms with Crippen LogP contribution in [-0.2, 0) is 19.4 Å². The highest BCUT2D eigenvalue weighted by Gasteiger charge is 2.28. The Balaban J connectivity index is 1.65. The number of nitrogens with zero attached hydrogens (tertiary/aromatic N) is 2. The summed E-state index contributed by atoms with van der Waals surface area (Å²) >= 11 is 0. The quantitative estimate of drug-likeness (QED) is 0.622. The van der Waals surface area contributed by atoms with E-state index in [-0.39, 0.29) is 23.5 Å². The zero-order chi connectivity index (χ0) is 14.6. The molecule has 0 aromatic heterocycles. The van der Waals surface area contributed by atoms with Crippen molar-refractivity contribution < 1.29 is 18.0 Å². The largest absolute Gasteiger partial charge is 0.352 e. The molecule has 2 amide bonds. The van der Waals surface area contributed by atoms with Gasteiger partial charge in [0.25, 0.3) is 0 Å². The van der Waals surface area contributed by atoms with E-state index in [1.807, 2.05) is 0 Å². The minimum atomic E-state index is -2.95. The number of hydrogen-bond donors (Lipinski definition) is 1. The molecule has 0 radical (unpaired) electrons. The molecule has 1 N–H and O–H groups in total. The van der Waals surface area contributed by atoms with Gasteiger partial charge in [-0.2, -0.15) is 0 Å². The highest BCUT2D eigenvalue weighted by atomic mass is 32.2. The van der Waals surface area contributed by atoms with Crippen LogP contribution < -0.4 is 5.32 Å². The second-order valence-electron chi connectivity index (χ2n) is 5.40. The van der Waals surface area contributed by atoms with Crippen molar-refractivity contribution >= 4 is 22.2 Å². The molecular formula is C12H21N3O4S. The number of hydrogen-bond acceptors (Lipinski definition) is 5. The molecule has 0 spiro atoms. The summed E-state index contributed by atoms with van der Waals surface area (Å²) < 4.78 is 22.6. The molecule has 0 aromatic carbocycles. The predicted octanol–water partition coefficient (Wildman–Crippen LogP) is -1.55. The summed E-state index contributed by atoms with van der Waals surface area (Å²) in [4.78, 5) is 26.2. The van der Waals surface area contributed by atoms with E-state index in [2.05, 4.69) is 10.2 Å². The molecule has 2 aliphatic rings. The van der Waals surface area contributed by atoms with Crippen LogP contribution in [0, 0.1) is 0 Å². The van der Waals surface area contributed by atoms with Crippen molar-refractivity contribution in [2.24, 2.45) is 0 Å². The van der Waals surface area contributed by atoms with Crippen molar-refractivity contribution in [3.05, 3.63) is 0 Å². The SMILES string of the molecule is O=CN1CCN(CCC(=O)NC2CCS(=O)(=O)C2)CC1. The lowest BCUT2D eigenvalue weighted by Gasteiger charge is -2.32. The maximum atomic E-state index is 11.8. The number of carbonyl (C=O) groups is 2. The van der Waals surface area contributed by atoms with Crippen LogP contribution >= 0.6 is 0 Å². The van der Waals surface area contributed by atoms with E-state index in [4.69, 9.17) is 0 Å². The lowest BCUT2D eigenvalue weighted by Crippen LogP contribution is -2.47. The molecule has 0 saturated carbocycles. The number of amides is 2. The first kappa shape index (κ1) is 15.2. The molecule has 1 atom stereocenters. The van der Waals surface area contributed by atoms with Crippen molar-refractivity contribution in [3.63, 3.8) is 0 Å². The summed E-state index contributed by atoms with van der Waals surface area (Å²) in [6.07, 6.45) is 1.74. The van der Waals surface area contributed by atoms with Gasteiger partial charge in [0.2, 0.25) is 12.3 Å². The van der Waals surface area contributed by atoms with Gasteiger partial charge in [0.05, 0.1) is 11.5 Å². The lowest BCUT2D eigenvalue weighted by molar-refractivity contribution is -0.123. The Bertz CT molecular complexity index is 457. The molecule has 114 valence electrons. The normalized spacial score (nSPS) is 26.4. The Morgan fingerprint density at radius 2 is 1.95 bits per heavy atom. The Morgan fingerprint density at radius 3 is 2.50 bits per heavy atom. The second-order valence-corrected chi connectivity index (χ2v) is 7.63. The summed E-state index contributed by atoms with van der Waals surface area (Å²) in [5.74, 6) is 0.146. The molecule has 2 aliphatic heterocycles. The number of nitrogens with one attached hydrogen (secondary N) is 1. The van der Waals surface area contributed by atoms with E-state index >= 15 is 0 Å². The van der Waals surface area contributed by atoms with Crippen LogP contribution in [0.4, 0.5) is 0 Å². The van der Waals surface area contributed by atoms with E-state index in [1.54, 1.807) is 4.90 Å². The van der Waals surface area contributed by atoms with E-state index in [0.717, 1.165) is 19.5 Å². The van der Waals surface area contributed by atoms with E-state index in [0.29, 0.717) is 32.5 Å². The zero-order valence-corrected chi connectivity index (χ0v) is 12.3. The molecule has 1 unspecified atom stereocenters. The molecule has 2 heterocycles. The third-order valence-corrected chi connectivity index (χ3v) is 5.58. The van der Waals surface area contributed by atoms with Crippen LogP contribution in [0.2, 0.25) is 0 Å². The summed E-state index contributed by atoms with van der Waals surface area (Å²) in [5.41, 5.74) is 0. The number of sulfone groups is 1. The van der Waals surface area contributed by atoms with Crippen LogP contribution in [0.5, 0.6) is 0 Å². The number of rotatable bonds is 5. The Hall–Kier alpha value is -1.15. The van der Waals surface area contributed by atoms with Crippen LogP contribution in [0.25, 0.3) is 0 Å². The highest BCUT2D eigenvalue weighted by Crippen LogP contribution is 2.11. The van der Waals surface area contributed by atoms with Gasteiger partial charge in [-0.15, -0.1) is 0 Å². The van der Waals surface area contributed by atoms with Gasteiger partial charge >= 0.3 is 0 Å². The van der Waals surface area contributed by atoms with Crippen molar-refractivity contribution in [1.29, 1.82) is 0 Å². The fraction of sp³-hybridized carbons (Fsp3) is 0.833. The zero-order valence-electron chi connectivity index (χ0n) is 11.5. The van der Waals surface area contributed by atoms with Gasteiger partial charge in [-0.25, -0.2) is 8.42 Å². The average molecular weight is 303 g/mol. The lowest BCUT2D eigenvalue weighted by atomic mass is 10.2. The predicted molar refractivity (Wildman–Crippen MR) is 73.9 cm³/mol. The van der Waals surface area contributed by atoms with Crippen LogP contribution in [0.3, 0.4) is 0 Å². The molecule has 0 aliphatic carbocycles. The fourth-order valence-electron chi connectivity index (χ4n) is 2.56. The average Bonchev–Trinajstić information content (AvgIpc) is 2.76. The third kappa shape index (κ3) is 4.45. The van der Waals surface area contributed by atoms with E-state index in [9.17, 15) is 18.0 Å². The van der Waals surface area contributed by atoms with Gasteiger partial charge in [0.15, 0.2) is 9.84 Å². The Labute approximate surface area is 119 Å². The first-order chi connectivity index (χ1) is 9.48. The van der Waals surface area contributed by atoms with Gasteiger partial charge in [0.1, 0.15) is 0 Å². The van der Waals surface area contributed by atoms with Gasteiger partial charge in [-0.05, 0) is 6.42 Å². The maximum Gasteiger partial charge on any atom is 0.221 e. The number of piperazine rings is 1. The van der Waals surface area contributed by atoms with Crippen molar-refractivity contribution in [2.45, 2.75) is 18.9 Å². The standard InChI is InChI=1S/C12H21N3O4S/c16-10-15-6-4-14(5-7-15)3-1-12(17)13-11-2-8-20(18,19)9-11/h10-11H,1-9H2,(H,13,17). The maximum absolute atomic E-state index is 11.8. The van der Waals surface area contributed by atoms with Crippen molar-refractivity contribution in [1.82, 2.24) is 15.1 Å². The molecule has 20 heavy (non-hydrogen) atoms. The highest BCUT2D eigenvalue weighted by molar-refractivity contribution is 7.91. The molecular weight excluding hydrogens is 282 g/mol. The van der Waals surface area contributed by atoms with Crippen molar-refractivity contribution in [3.8, 4) is 0 Å². The summed E-state index contributed by atoms with van der Waals surface area (Å²) in [6.45, 7) is 3.61. The minimum Gasteiger partial charge on any atom is -0.352 e. The van der Waals surface area contributed by atoms with Crippen molar-refractivity contribution in [2.75, 3.05) is 44.2 Å². The molecule has 0 bridgehead atoms. The molecule has 7 nitrogen and oxygen atoms in total.